The first-order chi connectivity index (χ1) is 9.72. The second-order valence-corrected chi connectivity index (χ2v) is 9.00. The molecule has 0 radical (unpaired) electrons. The number of hydrogen-bond donors (Lipinski definition) is 2. The molecule has 0 aliphatic carbocycles. The first-order valence-electron chi connectivity index (χ1n) is 5.73. The van der Waals surface area contributed by atoms with E-state index in [-0.39, 0.29) is 22.1 Å². The smallest absolute Gasteiger partial charge is 0.262 e. The Bertz CT molecular complexity index is 835. The molecular weight excluding hydrogens is 334 g/mol. The molecule has 0 amide bonds. The average molecular weight is 347 g/mol. The lowest BCUT2D eigenvalue weighted by molar-refractivity contribution is 0.285. The maximum absolute atomic E-state index is 12.1. The van der Waals surface area contributed by atoms with Crippen LogP contribution in [-0.2, 0) is 26.5 Å². The topological polar surface area (TPSA) is 101 Å². The zero-order chi connectivity index (χ0) is 15.7. The molecule has 2 N–H and O–H groups in total. The standard InChI is InChI=1S/C12H13NO5S3/c1-20(15,16)11-4-2-9(3-5-11)13-21(17,18)12-6-10(7-14)19-8-12/h2-6,8,13-14H,7H2,1H3. The van der Waals surface area contributed by atoms with Crippen molar-refractivity contribution in [1.29, 1.82) is 0 Å². The molecule has 1 aromatic heterocycles. The van der Waals surface area contributed by atoms with Gasteiger partial charge in [-0.25, -0.2) is 16.8 Å². The largest absolute Gasteiger partial charge is 0.391 e. The van der Waals surface area contributed by atoms with Gasteiger partial charge in [-0.2, -0.15) is 0 Å². The van der Waals surface area contributed by atoms with Gasteiger partial charge in [0.2, 0.25) is 0 Å². The van der Waals surface area contributed by atoms with E-state index in [4.69, 9.17) is 5.11 Å². The number of aliphatic hydroxyl groups is 1. The molecule has 0 fully saturated rings. The Morgan fingerprint density at radius 1 is 1.10 bits per heavy atom. The Kier molecular flexibility index (Phi) is 4.38. The molecule has 2 aromatic rings. The van der Waals surface area contributed by atoms with E-state index in [0.717, 1.165) is 17.6 Å². The molecule has 1 aromatic carbocycles. The van der Waals surface area contributed by atoms with E-state index >= 15 is 0 Å². The van der Waals surface area contributed by atoms with E-state index in [1.54, 1.807) is 0 Å². The van der Waals surface area contributed by atoms with Crippen molar-refractivity contribution in [3.05, 3.63) is 40.6 Å². The highest BCUT2D eigenvalue weighted by atomic mass is 32.2. The van der Waals surface area contributed by atoms with Gasteiger partial charge in [0.05, 0.1) is 16.4 Å². The predicted molar refractivity (Wildman–Crippen MR) is 80.6 cm³/mol. The molecule has 0 saturated heterocycles. The summed E-state index contributed by atoms with van der Waals surface area (Å²) < 4.78 is 49.2. The van der Waals surface area contributed by atoms with Gasteiger partial charge in [0.25, 0.3) is 10.0 Å². The van der Waals surface area contributed by atoms with Crippen LogP contribution in [0, 0.1) is 0 Å². The first kappa shape index (κ1) is 16.0. The van der Waals surface area contributed by atoms with E-state index in [1.807, 2.05) is 0 Å². The van der Waals surface area contributed by atoms with Crippen LogP contribution in [-0.4, -0.2) is 28.2 Å². The van der Waals surface area contributed by atoms with Crippen molar-refractivity contribution >= 4 is 36.9 Å². The predicted octanol–water partition coefficient (Wildman–Crippen LogP) is 1.44. The van der Waals surface area contributed by atoms with Crippen LogP contribution in [0.25, 0.3) is 0 Å². The lowest BCUT2D eigenvalue weighted by Crippen LogP contribution is -2.12. The van der Waals surface area contributed by atoms with Gasteiger partial charge in [0.1, 0.15) is 0 Å². The number of nitrogens with one attached hydrogen (secondary N) is 1. The van der Waals surface area contributed by atoms with Gasteiger partial charge in [0.15, 0.2) is 9.84 Å². The van der Waals surface area contributed by atoms with Crippen LogP contribution in [0.4, 0.5) is 5.69 Å². The van der Waals surface area contributed by atoms with Crippen LogP contribution >= 0.6 is 11.3 Å². The Balaban J connectivity index is 2.24. The lowest BCUT2D eigenvalue weighted by Gasteiger charge is -2.07. The molecule has 1 heterocycles. The molecule has 0 atom stereocenters. The van der Waals surface area contributed by atoms with E-state index in [1.165, 1.54) is 35.7 Å². The molecule has 21 heavy (non-hydrogen) atoms. The Hall–Kier alpha value is -1.42. The number of sulfone groups is 1. The fourth-order valence-corrected chi connectivity index (χ4v) is 4.39. The molecule has 114 valence electrons. The summed E-state index contributed by atoms with van der Waals surface area (Å²) in [6.07, 6.45) is 1.08. The number of anilines is 1. The van der Waals surface area contributed by atoms with E-state index < -0.39 is 19.9 Å². The van der Waals surface area contributed by atoms with Crippen molar-refractivity contribution in [1.82, 2.24) is 0 Å². The highest BCUT2D eigenvalue weighted by molar-refractivity contribution is 7.92. The van der Waals surface area contributed by atoms with Gasteiger partial charge >= 0.3 is 0 Å². The van der Waals surface area contributed by atoms with Crippen LogP contribution < -0.4 is 4.72 Å². The van der Waals surface area contributed by atoms with Crippen molar-refractivity contribution in [2.75, 3.05) is 11.0 Å². The number of aliphatic hydroxyl groups excluding tert-OH is 1. The summed E-state index contributed by atoms with van der Waals surface area (Å²) in [5.41, 5.74) is 0.263. The molecule has 0 bridgehead atoms. The van der Waals surface area contributed by atoms with Crippen molar-refractivity contribution < 1.29 is 21.9 Å². The van der Waals surface area contributed by atoms with Gasteiger partial charge in [-0.1, -0.05) is 0 Å². The highest BCUT2D eigenvalue weighted by Crippen LogP contribution is 2.22. The summed E-state index contributed by atoms with van der Waals surface area (Å²) in [6, 6.07) is 6.82. The summed E-state index contributed by atoms with van der Waals surface area (Å²) in [5, 5.41) is 10.4. The summed E-state index contributed by atoms with van der Waals surface area (Å²) >= 11 is 1.14. The third-order valence-electron chi connectivity index (χ3n) is 2.63. The van der Waals surface area contributed by atoms with Crippen molar-refractivity contribution in [2.24, 2.45) is 0 Å². The number of sulfonamides is 1. The molecule has 0 aliphatic heterocycles. The van der Waals surface area contributed by atoms with Crippen molar-refractivity contribution in [3.63, 3.8) is 0 Å². The number of benzene rings is 1. The van der Waals surface area contributed by atoms with Gasteiger partial charge in [0, 0.05) is 22.2 Å². The zero-order valence-electron chi connectivity index (χ0n) is 11.0. The van der Waals surface area contributed by atoms with Gasteiger partial charge in [-0.3, -0.25) is 4.72 Å². The minimum Gasteiger partial charge on any atom is -0.391 e. The molecular formula is C12H13NO5S3. The van der Waals surface area contributed by atoms with Gasteiger partial charge < -0.3 is 5.11 Å². The second-order valence-electron chi connectivity index (χ2n) is 4.31. The summed E-state index contributed by atoms with van der Waals surface area (Å²) in [6.45, 7) is -0.219. The van der Waals surface area contributed by atoms with E-state index in [0.29, 0.717) is 4.88 Å². The van der Waals surface area contributed by atoms with Crippen molar-refractivity contribution in [2.45, 2.75) is 16.4 Å². The van der Waals surface area contributed by atoms with Crippen LogP contribution in [0.1, 0.15) is 4.88 Å². The fourth-order valence-electron chi connectivity index (χ4n) is 1.57. The van der Waals surface area contributed by atoms with Crippen LogP contribution in [0.2, 0.25) is 0 Å². The second kappa shape index (κ2) is 5.76. The van der Waals surface area contributed by atoms with Gasteiger partial charge in [-0.15, -0.1) is 11.3 Å². The number of hydrogen-bond acceptors (Lipinski definition) is 6. The molecule has 2 rings (SSSR count). The molecule has 0 aliphatic rings. The normalized spacial score (nSPS) is 12.3. The molecule has 0 spiro atoms. The molecule has 6 nitrogen and oxygen atoms in total. The van der Waals surface area contributed by atoms with Crippen molar-refractivity contribution in [3.8, 4) is 0 Å². The SMILES string of the molecule is CS(=O)(=O)c1ccc(NS(=O)(=O)c2csc(CO)c2)cc1. The lowest BCUT2D eigenvalue weighted by atomic mass is 10.3. The molecule has 0 saturated carbocycles. The van der Waals surface area contributed by atoms with Crippen LogP contribution in [0.3, 0.4) is 0 Å². The van der Waals surface area contributed by atoms with Gasteiger partial charge in [-0.05, 0) is 30.3 Å². The highest BCUT2D eigenvalue weighted by Gasteiger charge is 2.16. The first-order valence-corrected chi connectivity index (χ1v) is 9.99. The Morgan fingerprint density at radius 2 is 1.71 bits per heavy atom. The monoisotopic (exact) mass is 347 g/mol. The molecule has 0 unspecified atom stereocenters. The van der Waals surface area contributed by atoms with E-state index in [9.17, 15) is 16.8 Å². The number of rotatable bonds is 5. The number of thiophene rings is 1. The minimum absolute atomic E-state index is 0.0590. The Labute approximate surface area is 127 Å². The maximum Gasteiger partial charge on any atom is 0.262 e. The minimum atomic E-state index is -3.75. The Morgan fingerprint density at radius 3 is 2.19 bits per heavy atom. The molecule has 9 heteroatoms. The summed E-state index contributed by atoms with van der Waals surface area (Å²) in [7, 11) is -7.07. The summed E-state index contributed by atoms with van der Waals surface area (Å²) in [5.74, 6) is 0. The van der Waals surface area contributed by atoms with Crippen LogP contribution in [0.15, 0.2) is 45.5 Å². The third-order valence-corrected chi connectivity index (χ3v) is 6.19. The summed E-state index contributed by atoms with van der Waals surface area (Å²) in [4.78, 5) is 0.718. The third kappa shape index (κ3) is 3.82. The zero-order valence-corrected chi connectivity index (χ0v) is 13.4. The maximum atomic E-state index is 12.1. The fraction of sp³-hybridized carbons (Fsp3) is 0.167. The average Bonchev–Trinajstić information content (AvgIpc) is 2.87. The van der Waals surface area contributed by atoms with E-state index in [2.05, 4.69) is 4.72 Å². The quantitative estimate of drug-likeness (QED) is 0.852. The van der Waals surface area contributed by atoms with Crippen LogP contribution in [0.5, 0.6) is 0 Å².